The number of hydrogen-bond donors (Lipinski definition) is 4. The van der Waals surface area contributed by atoms with Crippen LogP contribution in [0.25, 0.3) is 33.2 Å². The lowest BCUT2D eigenvalue weighted by atomic mass is 9.74. The smallest absolute Gasteiger partial charge is 0.262 e. The third-order valence-corrected chi connectivity index (χ3v) is 19.8. The van der Waals surface area contributed by atoms with Crippen molar-refractivity contribution >= 4 is 75.5 Å². The zero-order chi connectivity index (χ0) is 60.9. The number of pyridine rings is 1. The molecule has 87 heavy (non-hydrogen) atoms. The van der Waals surface area contributed by atoms with E-state index in [1.54, 1.807) is 23.9 Å². The van der Waals surface area contributed by atoms with E-state index in [1.807, 2.05) is 110 Å². The monoisotopic (exact) mass is 1210 g/mol. The van der Waals surface area contributed by atoms with Crippen LogP contribution >= 0.6 is 23.2 Å². The van der Waals surface area contributed by atoms with Crippen LogP contribution in [-0.2, 0) is 25.5 Å². The van der Waals surface area contributed by atoms with Crippen molar-refractivity contribution in [3.05, 3.63) is 155 Å². The minimum Gasteiger partial charge on any atom is -0.369 e. The third kappa shape index (κ3) is 13.3. The zero-order valence-electron chi connectivity index (χ0n) is 50.7. The molecule has 15 nitrogen and oxygen atoms in total. The largest absolute Gasteiger partial charge is 0.369 e. The molecule has 3 aliphatic carbocycles. The van der Waals surface area contributed by atoms with Gasteiger partial charge in [0.05, 0.1) is 5.52 Å². The van der Waals surface area contributed by atoms with E-state index in [4.69, 9.17) is 55.4 Å². The Morgan fingerprint density at radius 3 is 1.80 bits per heavy atom. The van der Waals surface area contributed by atoms with Gasteiger partial charge in [0.2, 0.25) is 0 Å². The summed E-state index contributed by atoms with van der Waals surface area (Å²) in [6, 6.07) is 44.2. The number of rotatable bonds is 16. The number of aliphatic imine (C=N–C) groups is 3. The van der Waals surface area contributed by atoms with Gasteiger partial charge in [-0.3, -0.25) is 29.1 Å². The molecule has 17 heteroatoms. The van der Waals surface area contributed by atoms with Crippen LogP contribution in [0.2, 0.25) is 10.0 Å². The Hall–Kier alpha value is -7.33. The third-order valence-electron chi connectivity index (χ3n) is 19.3. The van der Waals surface area contributed by atoms with Gasteiger partial charge >= 0.3 is 0 Å². The molecule has 5 aromatic carbocycles. The van der Waals surface area contributed by atoms with Gasteiger partial charge in [0.25, 0.3) is 17.7 Å². The molecule has 6 aromatic rings. The average molecular weight is 1210 g/mol. The second-order valence-electron chi connectivity index (χ2n) is 25.1. The lowest BCUT2D eigenvalue weighted by Crippen LogP contribution is -2.46. The number of benzene rings is 5. The predicted octanol–water partition coefficient (Wildman–Crippen LogP) is 12.7. The summed E-state index contributed by atoms with van der Waals surface area (Å²) in [4.78, 5) is 65.9. The quantitative estimate of drug-likeness (QED) is 0.0727. The number of nitrogens with zero attached hydrogens (tertiary/aromatic N) is 8. The number of nitrogens with one attached hydrogen (secondary N) is 1. The molecular weight excluding hydrogens is 1130 g/mol. The molecule has 0 radical (unpaired) electrons. The van der Waals surface area contributed by atoms with Crippen LogP contribution in [0.3, 0.4) is 0 Å². The Labute approximate surface area is 522 Å². The molecule has 5 atom stereocenters. The number of para-hydroxylation sites is 1. The van der Waals surface area contributed by atoms with Crippen LogP contribution in [0, 0.1) is 17.8 Å². The number of carbonyl (C=O) groups is 3. The predicted molar refractivity (Wildman–Crippen MR) is 352 cm³/mol. The number of nitrogens with two attached hydrogens (primary N) is 3. The van der Waals surface area contributed by atoms with Crippen molar-refractivity contribution in [1.29, 1.82) is 0 Å². The summed E-state index contributed by atoms with van der Waals surface area (Å²) >= 11 is 12.3. The van der Waals surface area contributed by atoms with E-state index in [1.165, 1.54) is 49.8 Å². The highest BCUT2D eigenvalue weighted by atomic mass is 35.5. The van der Waals surface area contributed by atoms with E-state index in [0.29, 0.717) is 46.9 Å². The fraction of sp³-hybridized carbons (Fsp3) is 0.443. The van der Waals surface area contributed by atoms with Gasteiger partial charge in [-0.25, -0.2) is 20.0 Å². The van der Waals surface area contributed by atoms with E-state index in [2.05, 4.69) is 45.5 Å². The first-order chi connectivity index (χ1) is 42.1. The van der Waals surface area contributed by atoms with E-state index in [9.17, 15) is 14.4 Å². The van der Waals surface area contributed by atoms with Gasteiger partial charge in [0, 0.05) is 48.7 Å². The van der Waals surface area contributed by atoms with Gasteiger partial charge in [-0.15, -0.1) is 0 Å². The molecular formula is C70H84Cl2N12O3. The number of guanidine groups is 3. The molecule has 1 aromatic heterocycles. The number of anilines is 1. The summed E-state index contributed by atoms with van der Waals surface area (Å²) in [6.07, 6.45) is 18.9. The molecule has 7 N–H and O–H groups in total. The second-order valence-corrected chi connectivity index (χ2v) is 26.0. The number of carbonyl (C=O) groups excluding carboxylic acids is 3. The van der Waals surface area contributed by atoms with Crippen LogP contribution in [0.1, 0.15) is 127 Å². The van der Waals surface area contributed by atoms with E-state index < -0.39 is 16.6 Å². The summed E-state index contributed by atoms with van der Waals surface area (Å²) in [7, 11) is 3.43. The molecule has 2 unspecified atom stereocenters. The molecule has 7 aliphatic rings. The van der Waals surface area contributed by atoms with Crippen molar-refractivity contribution in [2.75, 3.05) is 45.6 Å². The van der Waals surface area contributed by atoms with Crippen molar-refractivity contribution in [3.8, 4) is 22.3 Å². The SMILES string of the molecule is CCC1(c2cccc(-c3cccc(Cl)c3)c2)N=C(N)N(C)C1=O.CN1C(=O)[C@@](CCC2CCCCC2)(C[C@H]2CCC[C@@H](Nc3ccc4ccccc4n3)C2)N=C1N.NC1=NC(c2cccc(-c3cccc(Cl)c3)c2)(C2CC2)C(=O)N1CCN1CCCC1. The normalized spacial score (nSPS) is 25.0. The maximum atomic E-state index is 13.7. The Kier molecular flexibility index (Phi) is 18.7. The fourth-order valence-electron chi connectivity index (χ4n) is 14.3. The summed E-state index contributed by atoms with van der Waals surface area (Å²) < 4.78 is 0. The Balaban J connectivity index is 0.000000138. The maximum Gasteiger partial charge on any atom is 0.262 e. The zero-order valence-corrected chi connectivity index (χ0v) is 52.2. The van der Waals surface area contributed by atoms with Crippen LogP contribution < -0.4 is 22.5 Å². The van der Waals surface area contributed by atoms with Crippen LogP contribution in [0.5, 0.6) is 0 Å². The lowest BCUT2D eigenvalue weighted by molar-refractivity contribution is -0.132. The first-order valence-corrected chi connectivity index (χ1v) is 32.4. The second kappa shape index (κ2) is 26.6. The van der Waals surface area contributed by atoms with Gasteiger partial charge in [-0.05, 0) is 183 Å². The number of likely N-dealkylation sites (N-methyl/N-ethyl adjacent to an activating group) is 2. The van der Waals surface area contributed by atoms with Crippen molar-refractivity contribution in [1.82, 2.24) is 24.6 Å². The Morgan fingerprint density at radius 1 is 0.575 bits per heavy atom. The molecule has 4 aliphatic heterocycles. The number of fused-ring (bicyclic) bond motifs is 1. The average Bonchev–Trinajstić information content (AvgIpc) is 4.33. The van der Waals surface area contributed by atoms with Crippen molar-refractivity contribution in [2.45, 2.75) is 139 Å². The first kappa shape index (κ1) is 61.3. The van der Waals surface area contributed by atoms with Gasteiger partial charge in [-0.1, -0.05) is 154 Å². The number of aromatic nitrogens is 1. The van der Waals surface area contributed by atoms with Crippen LogP contribution in [-0.4, -0.2) is 112 Å². The molecule has 456 valence electrons. The molecule has 0 spiro atoms. The van der Waals surface area contributed by atoms with Gasteiger partial charge < -0.3 is 27.4 Å². The number of halogens is 2. The molecule has 1 saturated heterocycles. The lowest BCUT2D eigenvalue weighted by Gasteiger charge is -2.35. The summed E-state index contributed by atoms with van der Waals surface area (Å²) in [6.45, 7) is 5.62. The van der Waals surface area contributed by atoms with Gasteiger partial charge in [0.15, 0.2) is 29.0 Å². The standard InChI is InChI=1S/C28H39N5O.C24H27ClN4O.C18H18ClN3O/c1-33-26(34)28(32-27(33)29,17-16-20-8-3-2-4-9-20)19-21-10-7-12-23(18-21)30-25-15-14-22-11-5-6-13-24(22)31-25;25-21-8-4-6-18(16-21)17-5-3-7-20(15-17)24(19-9-10-19)22(30)29(23(26)27-24)14-13-28-11-1-2-12-28;1-3-18(16(23)22(2)17(20)21-18)14-8-4-6-12(10-14)13-7-5-9-15(19)11-13/h5-6,11,13-15,20-21,23H,2-4,7-10,12,16-19H2,1H3,(H2,29,32)(H,30,31);3-8,15-16,19H,1-2,9-14H2,(H2,26,27);4-11H,3H2,1-2H3,(H2,20,21)/t21-,23+,28+;;/m0../s1. The highest BCUT2D eigenvalue weighted by Gasteiger charge is 2.58. The molecule has 4 fully saturated rings. The van der Waals surface area contributed by atoms with E-state index in [0.717, 1.165) is 133 Å². The summed E-state index contributed by atoms with van der Waals surface area (Å²) in [5, 5.41) is 6.22. The van der Waals surface area contributed by atoms with E-state index >= 15 is 0 Å². The highest BCUT2D eigenvalue weighted by molar-refractivity contribution is 6.31. The fourth-order valence-corrected chi connectivity index (χ4v) is 14.7. The highest BCUT2D eigenvalue weighted by Crippen LogP contribution is 2.52. The van der Waals surface area contributed by atoms with E-state index in [-0.39, 0.29) is 29.6 Å². The Morgan fingerprint density at radius 2 is 1.18 bits per heavy atom. The van der Waals surface area contributed by atoms with Gasteiger partial charge in [-0.2, -0.15) is 0 Å². The molecule has 3 amide bonds. The van der Waals surface area contributed by atoms with Crippen LogP contribution in [0.15, 0.2) is 148 Å². The van der Waals surface area contributed by atoms with Crippen molar-refractivity contribution < 1.29 is 14.4 Å². The number of likely N-dealkylation sites (tertiary alicyclic amines) is 1. The summed E-state index contributed by atoms with van der Waals surface area (Å²) in [5.41, 5.74) is 22.7. The number of hydrogen-bond acceptors (Lipinski definition) is 12. The van der Waals surface area contributed by atoms with Crippen LogP contribution in [0.4, 0.5) is 5.82 Å². The minimum atomic E-state index is -0.937. The van der Waals surface area contributed by atoms with Crippen molar-refractivity contribution in [3.63, 3.8) is 0 Å². The molecule has 13 rings (SSSR count). The topological polar surface area (TPSA) is 204 Å². The maximum absolute atomic E-state index is 13.7. The molecule has 0 bridgehead atoms. The molecule has 3 saturated carbocycles. The Bertz CT molecular complexity index is 3580. The minimum absolute atomic E-state index is 0.0324. The molecule has 5 heterocycles. The van der Waals surface area contributed by atoms with Crippen molar-refractivity contribution in [2.24, 2.45) is 49.9 Å². The summed E-state index contributed by atoms with van der Waals surface area (Å²) in [5.74, 6) is 3.40. The van der Waals surface area contributed by atoms with Gasteiger partial charge in [0.1, 0.15) is 11.4 Å². The first-order valence-electron chi connectivity index (χ1n) is 31.6. The number of amides is 3.